The largest absolute Gasteiger partial charge is 0.304 e. The minimum absolute atomic E-state index is 0.0398. The molecule has 23 heavy (non-hydrogen) atoms. The number of imidazole rings is 1. The number of hydrogen-bond acceptors (Lipinski definition) is 2. The van der Waals surface area contributed by atoms with Crippen molar-refractivity contribution in [2.24, 2.45) is 0 Å². The number of carbonyl (C=O) groups is 1. The number of pyridine rings is 1. The van der Waals surface area contributed by atoms with E-state index in [1.54, 1.807) is 0 Å². The number of carbonyl (C=O) groups excluding carboxylic acids is 1. The zero-order chi connectivity index (χ0) is 16.0. The molecule has 1 unspecified atom stereocenters. The van der Waals surface area contributed by atoms with Crippen LogP contribution in [-0.4, -0.2) is 21.3 Å². The highest BCUT2D eigenvalue weighted by Crippen LogP contribution is 2.33. The third kappa shape index (κ3) is 2.05. The zero-order valence-corrected chi connectivity index (χ0v) is 13.4. The first-order valence-electron chi connectivity index (χ1n) is 8.08. The van der Waals surface area contributed by atoms with Crippen LogP contribution in [0.25, 0.3) is 5.65 Å². The Morgan fingerprint density at radius 3 is 2.83 bits per heavy atom. The molecule has 1 aliphatic rings. The smallest absolute Gasteiger partial charge is 0.277 e. The topological polar surface area (TPSA) is 37.6 Å². The zero-order valence-electron chi connectivity index (χ0n) is 13.4. The second-order valence-electron chi connectivity index (χ2n) is 6.05. The SMILES string of the molecule is CCc1nc2ccccn2c1C(=O)N1c2ccccc2CC1C. The number of nitrogens with zero attached hydrogens (tertiary/aromatic N) is 3. The van der Waals surface area contributed by atoms with E-state index < -0.39 is 0 Å². The number of benzene rings is 1. The molecule has 0 aliphatic carbocycles. The number of hydrogen-bond donors (Lipinski definition) is 0. The van der Waals surface area contributed by atoms with Crippen molar-refractivity contribution in [2.75, 3.05) is 4.90 Å². The quantitative estimate of drug-likeness (QED) is 0.727. The van der Waals surface area contributed by atoms with Crippen molar-refractivity contribution in [2.45, 2.75) is 32.7 Å². The molecule has 116 valence electrons. The van der Waals surface area contributed by atoms with Crippen molar-refractivity contribution >= 4 is 17.2 Å². The Bertz CT molecular complexity index is 897. The molecule has 0 N–H and O–H groups in total. The molecule has 0 saturated carbocycles. The van der Waals surface area contributed by atoms with Crippen molar-refractivity contribution < 1.29 is 4.79 Å². The highest BCUT2D eigenvalue weighted by molar-refractivity contribution is 6.08. The van der Waals surface area contributed by atoms with Gasteiger partial charge in [-0.1, -0.05) is 31.2 Å². The van der Waals surface area contributed by atoms with Crippen LogP contribution in [0.15, 0.2) is 48.7 Å². The fraction of sp³-hybridized carbons (Fsp3) is 0.263. The first kappa shape index (κ1) is 14.0. The molecule has 1 aromatic carbocycles. The second-order valence-corrected chi connectivity index (χ2v) is 6.05. The van der Waals surface area contributed by atoms with Gasteiger partial charge in [-0.2, -0.15) is 0 Å². The first-order valence-corrected chi connectivity index (χ1v) is 8.08. The summed E-state index contributed by atoms with van der Waals surface area (Å²) in [4.78, 5) is 19.9. The van der Waals surface area contributed by atoms with Crippen LogP contribution < -0.4 is 4.90 Å². The van der Waals surface area contributed by atoms with Gasteiger partial charge in [0.15, 0.2) is 0 Å². The van der Waals surface area contributed by atoms with Crippen LogP contribution >= 0.6 is 0 Å². The number of para-hydroxylation sites is 1. The maximum absolute atomic E-state index is 13.3. The Hall–Kier alpha value is -2.62. The highest BCUT2D eigenvalue weighted by atomic mass is 16.2. The number of amides is 1. The summed E-state index contributed by atoms with van der Waals surface area (Å²) in [7, 11) is 0. The van der Waals surface area contributed by atoms with Crippen LogP contribution in [0.2, 0.25) is 0 Å². The third-order valence-corrected chi connectivity index (χ3v) is 4.57. The van der Waals surface area contributed by atoms with E-state index in [4.69, 9.17) is 0 Å². The van der Waals surface area contributed by atoms with E-state index in [2.05, 4.69) is 18.0 Å². The normalized spacial score (nSPS) is 16.8. The fourth-order valence-corrected chi connectivity index (χ4v) is 3.51. The van der Waals surface area contributed by atoms with Gasteiger partial charge in [-0.3, -0.25) is 9.20 Å². The number of anilines is 1. The number of fused-ring (bicyclic) bond motifs is 2. The van der Waals surface area contributed by atoms with Gasteiger partial charge in [-0.25, -0.2) is 4.98 Å². The molecule has 4 heteroatoms. The van der Waals surface area contributed by atoms with Crippen LogP contribution in [0, 0.1) is 0 Å². The predicted octanol–water partition coefficient (Wildman–Crippen LogP) is 3.49. The molecule has 4 nitrogen and oxygen atoms in total. The van der Waals surface area contributed by atoms with E-state index >= 15 is 0 Å². The van der Waals surface area contributed by atoms with Crippen molar-refractivity contribution in [3.63, 3.8) is 0 Å². The van der Waals surface area contributed by atoms with Crippen LogP contribution in [0.5, 0.6) is 0 Å². The van der Waals surface area contributed by atoms with E-state index in [0.29, 0.717) is 5.69 Å². The van der Waals surface area contributed by atoms with Crippen molar-refractivity contribution in [3.8, 4) is 0 Å². The van der Waals surface area contributed by atoms with Gasteiger partial charge >= 0.3 is 0 Å². The summed E-state index contributed by atoms with van der Waals surface area (Å²) in [5, 5.41) is 0. The van der Waals surface area contributed by atoms with Gasteiger partial charge in [-0.05, 0) is 43.5 Å². The molecule has 0 bridgehead atoms. The molecule has 0 radical (unpaired) electrons. The Labute approximate surface area is 135 Å². The monoisotopic (exact) mass is 305 g/mol. The molecule has 2 aromatic heterocycles. The molecule has 1 amide bonds. The summed E-state index contributed by atoms with van der Waals surface area (Å²) in [6.45, 7) is 4.15. The van der Waals surface area contributed by atoms with Crippen molar-refractivity contribution in [1.29, 1.82) is 0 Å². The van der Waals surface area contributed by atoms with Gasteiger partial charge in [0, 0.05) is 17.9 Å². The van der Waals surface area contributed by atoms with Gasteiger partial charge in [0.1, 0.15) is 11.3 Å². The van der Waals surface area contributed by atoms with E-state index in [9.17, 15) is 4.79 Å². The lowest BCUT2D eigenvalue weighted by molar-refractivity contribution is 0.0975. The first-order chi connectivity index (χ1) is 11.2. The lowest BCUT2D eigenvalue weighted by atomic mass is 10.1. The van der Waals surface area contributed by atoms with E-state index in [1.165, 1.54) is 5.56 Å². The number of aromatic nitrogens is 2. The van der Waals surface area contributed by atoms with E-state index in [-0.39, 0.29) is 11.9 Å². The molecule has 0 spiro atoms. The molecule has 1 atom stereocenters. The van der Waals surface area contributed by atoms with Crippen LogP contribution in [-0.2, 0) is 12.8 Å². The van der Waals surface area contributed by atoms with Gasteiger partial charge in [0.25, 0.3) is 5.91 Å². The minimum Gasteiger partial charge on any atom is -0.304 e. The lowest BCUT2D eigenvalue weighted by Crippen LogP contribution is -2.37. The van der Waals surface area contributed by atoms with Crippen molar-refractivity contribution in [3.05, 3.63) is 65.6 Å². The van der Waals surface area contributed by atoms with Gasteiger partial charge in [-0.15, -0.1) is 0 Å². The van der Waals surface area contributed by atoms with Crippen LogP contribution in [0.3, 0.4) is 0 Å². The van der Waals surface area contributed by atoms with Crippen molar-refractivity contribution in [1.82, 2.24) is 9.38 Å². The molecule has 3 heterocycles. The number of aryl methyl sites for hydroxylation is 1. The second kappa shape index (κ2) is 5.23. The third-order valence-electron chi connectivity index (χ3n) is 4.57. The molecule has 4 rings (SSSR count). The summed E-state index contributed by atoms with van der Waals surface area (Å²) < 4.78 is 1.91. The van der Waals surface area contributed by atoms with Crippen LogP contribution in [0.1, 0.15) is 35.6 Å². The Morgan fingerprint density at radius 2 is 2.00 bits per heavy atom. The molecular weight excluding hydrogens is 286 g/mol. The van der Waals surface area contributed by atoms with Crippen LogP contribution in [0.4, 0.5) is 5.69 Å². The van der Waals surface area contributed by atoms with Gasteiger partial charge < -0.3 is 4.90 Å². The maximum atomic E-state index is 13.3. The summed E-state index contributed by atoms with van der Waals surface area (Å²) in [6, 6.07) is 14.2. The molecule has 3 aromatic rings. The lowest BCUT2D eigenvalue weighted by Gasteiger charge is -2.23. The minimum atomic E-state index is 0.0398. The highest BCUT2D eigenvalue weighted by Gasteiger charge is 2.33. The Balaban J connectivity index is 1.87. The number of rotatable bonds is 2. The fourth-order valence-electron chi connectivity index (χ4n) is 3.51. The van der Waals surface area contributed by atoms with E-state index in [0.717, 1.165) is 29.9 Å². The summed E-state index contributed by atoms with van der Waals surface area (Å²) in [5.41, 5.74) is 4.63. The molecule has 1 aliphatic heterocycles. The van der Waals surface area contributed by atoms with Gasteiger partial charge in [0.05, 0.1) is 5.69 Å². The Morgan fingerprint density at radius 1 is 1.22 bits per heavy atom. The Kier molecular flexibility index (Phi) is 3.18. The van der Waals surface area contributed by atoms with E-state index in [1.807, 2.05) is 58.8 Å². The molecule has 0 fully saturated rings. The standard InChI is InChI=1S/C19H19N3O/c1-3-15-18(21-11-7-6-10-17(21)20-15)19(23)22-13(2)12-14-8-4-5-9-16(14)22/h4-11,13H,3,12H2,1-2H3. The van der Waals surface area contributed by atoms with Gasteiger partial charge in [0.2, 0.25) is 0 Å². The molecular formula is C19H19N3O. The summed E-state index contributed by atoms with van der Waals surface area (Å²) >= 11 is 0. The average molecular weight is 305 g/mol. The maximum Gasteiger partial charge on any atom is 0.277 e. The molecule has 0 saturated heterocycles. The predicted molar refractivity (Wildman–Crippen MR) is 91.0 cm³/mol. The summed E-state index contributed by atoms with van der Waals surface area (Å²) in [5.74, 6) is 0.0398. The average Bonchev–Trinajstić information content (AvgIpc) is 3.10. The summed E-state index contributed by atoms with van der Waals surface area (Å²) in [6.07, 6.45) is 3.56.